The molecule has 0 spiro atoms. The van der Waals surface area contributed by atoms with Crippen molar-refractivity contribution in [1.29, 1.82) is 0 Å². The fraction of sp³-hybridized carbons (Fsp3) is 0.375. The van der Waals surface area contributed by atoms with E-state index in [0.29, 0.717) is 41.2 Å². The fourth-order valence-electron chi connectivity index (χ4n) is 4.75. The lowest BCUT2D eigenvalue weighted by atomic mass is 9.95. The third-order valence-corrected chi connectivity index (χ3v) is 8.71. The Morgan fingerprint density at radius 2 is 1.77 bits per heavy atom. The number of hydrogen-bond acceptors (Lipinski definition) is 6. The summed E-state index contributed by atoms with van der Waals surface area (Å²) in [4.78, 5) is 38.9. The van der Waals surface area contributed by atoms with Crippen LogP contribution in [0.15, 0.2) is 41.3 Å². The first-order valence-corrected chi connectivity index (χ1v) is 12.9. The molecule has 11 heteroatoms. The van der Waals surface area contributed by atoms with E-state index in [2.05, 4.69) is 10.6 Å². The van der Waals surface area contributed by atoms with Crippen molar-refractivity contribution in [3.8, 4) is 5.75 Å². The van der Waals surface area contributed by atoms with Crippen LogP contribution in [0, 0.1) is 12.8 Å². The van der Waals surface area contributed by atoms with Crippen LogP contribution in [0.3, 0.4) is 0 Å². The highest BCUT2D eigenvalue weighted by Crippen LogP contribution is 2.37. The van der Waals surface area contributed by atoms with Gasteiger partial charge in [0.1, 0.15) is 12.3 Å². The van der Waals surface area contributed by atoms with Gasteiger partial charge in [-0.15, -0.1) is 0 Å². The van der Waals surface area contributed by atoms with Crippen LogP contribution in [0.1, 0.15) is 25.3 Å². The molecule has 0 saturated carbocycles. The van der Waals surface area contributed by atoms with Crippen molar-refractivity contribution in [3.63, 3.8) is 0 Å². The van der Waals surface area contributed by atoms with Crippen LogP contribution in [-0.2, 0) is 24.4 Å². The maximum atomic E-state index is 13.5. The van der Waals surface area contributed by atoms with Crippen molar-refractivity contribution < 1.29 is 27.5 Å². The molecule has 2 aromatic carbocycles. The van der Waals surface area contributed by atoms with Gasteiger partial charge in [0.2, 0.25) is 21.8 Å². The molecule has 1 fully saturated rings. The van der Waals surface area contributed by atoms with E-state index >= 15 is 0 Å². The molecule has 1 atom stereocenters. The minimum absolute atomic E-state index is 0.0579. The van der Waals surface area contributed by atoms with E-state index < -0.39 is 16.1 Å². The van der Waals surface area contributed by atoms with E-state index in [0.717, 1.165) is 0 Å². The highest BCUT2D eigenvalue weighted by molar-refractivity contribution is 7.89. The predicted molar refractivity (Wildman–Crippen MR) is 129 cm³/mol. The molecule has 0 bridgehead atoms. The third kappa shape index (κ3) is 4.14. The zero-order valence-electron chi connectivity index (χ0n) is 19.4. The molecule has 3 amide bonds. The Balaban J connectivity index is 1.32. The maximum Gasteiger partial charge on any atom is 0.265 e. The number of rotatable bonds is 3. The van der Waals surface area contributed by atoms with E-state index in [9.17, 15) is 22.8 Å². The number of sulfonamides is 1. The Morgan fingerprint density at radius 1 is 1.06 bits per heavy atom. The molecular weight excluding hydrogens is 472 g/mol. The van der Waals surface area contributed by atoms with Gasteiger partial charge in [0.15, 0.2) is 6.10 Å². The largest absolute Gasteiger partial charge is 0.479 e. The van der Waals surface area contributed by atoms with Gasteiger partial charge < -0.3 is 20.3 Å². The lowest BCUT2D eigenvalue weighted by molar-refractivity contribution is -0.125. The predicted octanol–water partition coefficient (Wildman–Crippen LogP) is 2.10. The first-order valence-electron chi connectivity index (χ1n) is 11.5. The number of benzene rings is 2. The molecule has 3 heterocycles. The van der Waals surface area contributed by atoms with Crippen LogP contribution >= 0.6 is 0 Å². The Kier molecular flexibility index (Phi) is 5.76. The molecule has 2 N–H and O–H groups in total. The zero-order chi connectivity index (χ0) is 24.9. The van der Waals surface area contributed by atoms with E-state index in [4.69, 9.17) is 4.74 Å². The molecule has 0 unspecified atom stereocenters. The van der Waals surface area contributed by atoms with Gasteiger partial charge in [-0.05, 0) is 50.5 Å². The van der Waals surface area contributed by atoms with Crippen LogP contribution in [0.25, 0.3) is 0 Å². The van der Waals surface area contributed by atoms with Crippen molar-refractivity contribution in [2.45, 2.75) is 37.7 Å². The normalized spacial score (nSPS) is 20.9. The van der Waals surface area contributed by atoms with Gasteiger partial charge in [-0.1, -0.05) is 12.1 Å². The van der Waals surface area contributed by atoms with Crippen molar-refractivity contribution in [3.05, 3.63) is 42.0 Å². The van der Waals surface area contributed by atoms with Crippen molar-refractivity contribution in [2.24, 2.45) is 5.92 Å². The van der Waals surface area contributed by atoms with Gasteiger partial charge in [0.05, 0.1) is 22.0 Å². The quantitative estimate of drug-likeness (QED) is 0.668. The smallest absolute Gasteiger partial charge is 0.265 e. The highest BCUT2D eigenvalue weighted by Gasteiger charge is 2.37. The number of para-hydroxylation sites is 2. The van der Waals surface area contributed by atoms with Crippen LogP contribution in [0.2, 0.25) is 0 Å². The first-order chi connectivity index (χ1) is 16.6. The third-order valence-electron chi connectivity index (χ3n) is 6.67. The maximum absolute atomic E-state index is 13.5. The number of hydrogen-bond donors (Lipinski definition) is 2. The van der Waals surface area contributed by atoms with Crippen LogP contribution < -0.4 is 20.3 Å². The molecule has 0 radical (unpaired) electrons. The van der Waals surface area contributed by atoms with Gasteiger partial charge in [0.25, 0.3) is 5.91 Å². The summed E-state index contributed by atoms with van der Waals surface area (Å²) in [6.45, 7) is 3.58. The molecule has 1 saturated heterocycles. The summed E-state index contributed by atoms with van der Waals surface area (Å²) in [6, 6.07) is 10.2. The number of anilines is 3. The molecule has 5 rings (SSSR count). The van der Waals surface area contributed by atoms with Gasteiger partial charge >= 0.3 is 0 Å². The van der Waals surface area contributed by atoms with Crippen LogP contribution in [-0.4, -0.2) is 56.2 Å². The number of nitrogens with zero attached hydrogens (tertiary/aromatic N) is 2. The van der Waals surface area contributed by atoms with Gasteiger partial charge in [-0.25, -0.2) is 8.42 Å². The van der Waals surface area contributed by atoms with E-state index in [1.165, 1.54) is 15.3 Å². The fourth-order valence-corrected chi connectivity index (χ4v) is 6.44. The summed E-state index contributed by atoms with van der Waals surface area (Å²) < 4.78 is 33.9. The molecule has 3 aliphatic heterocycles. The molecule has 10 nitrogen and oxygen atoms in total. The Bertz CT molecular complexity index is 1330. The summed E-state index contributed by atoms with van der Waals surface area (Å²) in [5.74, 6) is -0.786. The summed E-state index contributed by atoms with van der Waals surface area (Å²) in [7, 11) is -3.84. The Labute approximate surface area is 203 Å². The topological polar surface area (TPSA) is 125 Å². The SMILES string of the molecule is Cc1cc2c(cc1S(=O)(=O)N1CCC(C(=O)N3CC(=O)Nc4ccccc43)CC1)O[C@@H](C)C(=O)N2. The monoisotopic (exact) mass is 498 g/mol. The average Bonchev–Trinajstić information content (AvgIpc) is 2.83. The lowest BCUT2D eigenvalue weighted by Gasteiger charge is -2.36. The molecule has 35 heavy (non-hydrogen) atoms. The van der Waals surface area contributed by atoms with Crippen molar-refractivity contribution in [1.82, 2.24) is 4.31 Å². The van der Waals surface area contributed by atoms with Gasteiger partial charge in [-0.2, -0.15) is 4.31 Å². The lowest BCUT2D eigenvalue weighted by Crippen LogP contribution is -2.48. The Hall–Kier alpha value is -3.44. The number of aryl methyl sites for hydroxylation is 1. The number of piperidine rings is 1. The number of carbonyl (C=O) groups is 3. The minimum atomic E-state index is -3.84. The second kappa shape index (κ2) is 8.65. The summed E-state index contributed by atoms with van der Waals surface area (Å²) in [5.41, 5.74) is 2.18. The standard InChI is InChI=1S/C24H26N4O6S/c1-14-11-18-20(34-15(2)23(30)26-18)12-21(14)35(32,33)27-9-7-16(8-10-27)24(31)28-13-22(29)25-17-5-3-4-6-19(17)28/h3-6,11-12,15-16H,7-10,13H2,1-2H3,(H,25,29)(H,26,30)/t15-/m0/s1. The van der Waals surface area contributed by atoms with Crippen molar-refractivity contribution in [2.75, 3.05) is 35.2 Å². The molecule has 0 aromatic heterocycles. The van der Waals surface area contributed by atoms with Gasteiger partial charge in [-0.3, -0.25) is 14.4 Å². The molecular formula is C24H26N4O6S. The van der Waals surface area contributed by atoms with Crippen molar-refractivity contribution >= 4 is 44.8 Å². The number of nitrogens with one attached hydrogen (secondary N) is 2. The summed E-state index contributed by atoms with van der Waals surface area (Å²) in [6.07, 6.45) is -0.0118. The number of ether oxygens (including phenoxy) is 1. The van der Waals surface area contributed by atoms with E-state index in [-0.39, 0.29) is 48.2 Å². The summed E-state index contributed by atoms with van der Waals surface area (Å²) >= 11 is 0. The van der Waals surface area contributed by atoms with E-state index in [1.54, 1.807) is 38.1 Å². The average molecular weight is 499 g/mol. The number of amides is 3. The second-order valence-electron chi connectivity index (χ2n) is 9.03. The minimum Gasteiger partial charge on any atom is -0.479 e. The molecule has 0 aliphatic carbocycles. The molecule has 184 valence electrons. The van der Waals surface area contributed by atoms with E-state index in [1.807, 2.05) is 6.07 Å². The van der Waals surface area contributed by atoms with Gasteiger partial charge in [0, 0.05) is 25.1 Å². The Morgan fingerprint density at radius 3 is 2.51 bits per heavy atom. The highest BCUT2D eigenvalue weighted by atomic mass is 32.2. The van der Waals surface area contributed by atoms with Crippen LogP contribution in [0.5, 0.6) is 5.75 Å². The second-order valence-corrected chi connectivity index (χ2v) is 10.9. The molecule has 2 aromatic rings. The number of carbonyl (C=O) groups excluding carboxylic acids is 3. The van der Waals surface area contributed by atoms with Crippen LogP contribution in [0.4, 0.5) is 17.1 Å². The zero-order valence-corrected chi connectivity index (χ0v) is 20.2. The first kappa shape index (κ1) is 23.3. The number of fused-ring (bicyclic) bond motifs is 2. The summed E-state index contributed by atoms with van der Waals surface area (Å²) in [5, 5.41) is 5.50. The molecule has 3 aliphatic rings.